The second-order valence-corrected chi connectivity index (χ2v) is 2.73. The molecule has 11 heavy (non-hydrogen) atoms. The molecule has 0 aromatic carbocycles. The van der Waals surface area contributed by atoms with Crippen molar-refractivity contribution in [2.45, 2.75) is 13.3 Å². The zero-order valence-corrected chi connectivity index (χ0v) is 6.72. The van der Waals surface area contributed by atoms with Crippen molar-refractivity contribution in [2.24, 2.45) is 5.92 Å². The van der Waals surface area contributed by atoms with E-state index in [-0.39, 0.29) is 11.7 Å². The molecule has 0 aromatic heterocycles. The molecular weight excluding hydrogens is 144 g/mol. The zero-order chi connectivity index (χ0) is 8.43. The van der Waals surface area contributed by atoms with E-state index in [1.807, 2.05) is 6.92 Å². The standard InChI is InChI=1S/C8H12O3/c1-5-3-6(9)4-7(10)8(5)11-2/h4-5,9-10H,3H2,1-2H3/p+1. The zero-order valence-electron chi connectivity index (χ0n) is 6.72. The van der Waals surface area contributed by atoms with E-state index in [0.717, 1.165) is 0 Å². The van der Waals surface area contributed by atoms with Gasteiger partial charge in [-0.2, -0.15) is 0 Å². The Morgan fingerprint density at radius 3 is 2.82 bits per heavy atom. The molecule has 3 N–H and O–H groups in total. The van der Waals surface area contributed by atoms with E-state index in [2.05, 4.69) is 0 Å². The van der Waals surface area contributed by atoms with E-state index in [1.54, 1.807) is 0 Å². The van der Waals surface area contributed by atoms with Crippen LogP contribution in [0.4, 0.5) is 0 Å². The lowest BCUT2D eigenvalue weighted by Gasteiger charge is -2.17. The fourth-order valence-electron chi connectivity index (χ4n) is 1.28. The fraction of sp³-hybridized carbons (Fsp3) is 0.500. The maximum Gasteiger partial charge on any atom is 0.233 e. The van der Waals surface area contributed by atoms with Gasteiger partial charge in [0.15, 0.2) is 5.76 Å². The SMILES string of the molecule is COC1=C(O)C=C([OH2+])CC1C. The molecule has 0 radical (unpaired) electrons. The highest BCUT2D eigenvalue weighted by Gasteiger charge is 2.23. The van der Waals surface area contributed by atoms with Gasteiger partial charge in [-0.15, -0.1) is 0 Å². The predicted octanol–water partition coefficient (Wildman–Crippen LogP) is 1.05. The van der Waals surface area contributed by atoms with Crippen molar-refractivity contribution < 1.29 is 14.9 Å². The van der Waals surface area contributed by atoms with Crippen molar-refractivity contribution in [3.05, 3.63) is 23.4 Å². The van der Waals surface area contributed by atoms with Gasteiger partial charge >= 0.3 is 0 Å². The van der Waals surface area contributed by atoms with Crippen molar-refractivity contribution in [3.8, 4) is 0 Å². The summed E-state index contributed by atoms with van der Waals surface area (Å²) in [5.41, 5.74) is 0. The molecule has 3 heteroatoms. The molecule has 0 saturated heterocycles. The summed E-state index contributed by atoms with van der Waals surface area (Å²) < 4.78 is 4.97. The molecule has 0 fully saturated rings. The molecule has 1 rings (SSSR count). The van der Waals surface area contributed by atoms with Crippen LogP contribution in [0.1, 0.15) is 13.3 Å². The number of hydrogen-bond donors (Lipinski definition) is 1. The van der Waals surface area contributed by atoms with Gasteiger partial charge in [0.05, 0.1) is 19.6 Å². The lowest BCUT2D eigenvalue weighted by Crippen LogP contribution is -2.10. The third-order valence-electron chi connectivity index (χ3n) is 1.76. The lowest BCUT2D eigenvalue weighted by atomic mass is 9.98. The van der Waals surface area contributed by atoms with Crippen LogP contribution in [0.5, 0.6) is 0 Å². The number of ether oxygens (including phenoxy) is 1. The molecule has 0 amide bonds. The molecule has 3 nitrogen and oxygen atoms in total. The Balaban J connectivity index is 2.92. The van der Waals surface area contributed by atoms with Crippen molar-refractivity contribution in [1.29, 1.82) is 0 Å². The molecule has 0 aromatic rings. The Morgan fingerprint density at radius 2 is 2.36 bits per heavy atom. The second-order valence-electron chi connectivity index (χ2n) is 2.73. The van der Waals surface area contributed by atoms with Crippen LogP contribution in [0.3, 0.4) is 0 Å². The van der Waals surface area contributed by atoms with Gasteiger partial charge in [0.1, 0.15) is 5.76 Å². The largest absolute Gasteiger partial charge is 0.596 e. The van der Waals surface area contributed by atoms with Gasteiger partial charge in [0.25, 0.3) is 0 Å². The van der Waals surface area contributed by atoms with Crippen molar-refractivity contribution in [1.82, 2.24) is 0 Å². The molecule has 1 atom stereocenters. The molecule has 62 valence electrons. The summed E-state index contributed by atoms with van der Waals surface area (Å²) in [7, 11) is 1.53. The Hall–Kier alpha value is -1.12. The third-order valence-corrected chi connectivity index (χ3v) is 1.76. The number of aliphatic hydroxyl groups excluding tert-OH is 1. The van der Waals surface area contributed by atoms with Crippen LogP contribution in [0.25, 0.3) is 0 Å². The number of allylic oxidation sites excluding steroid dienone is 3. The number of aliphatic hydroxyl groups is 1. The van der Waals surface area contributed by atoms with Crippen LogP contribution in [0, 0.1) is 5.92 Å². The molecule has 0 aliphatic heterocycles. The smallest absolute Gasteiger partial charge is 0.233 e. The van der Waals surface area contributed by atoms with Crippen LogP contribution in [0.15, 0.2) is 23.4 Å². The van der Waals surface area contributed by atoms with Gasteiger partial charge in [0.2, 0.25) is 5.76 Å². The summed E-state index contributed by atoms with van der Waals surface area (Å²) in [5, 5.41) is 16.6. The molecule has 1 aliphatic rings. The minimum absolute atomic E-state index is 0.0938. The third kappa shape index (κ3) is 1.48. The maximum atomic E-state index is 9.27. The molecule has 0 heterocycles. The first-order valence-electron chi connectivity index (χ1n) is 3.54. The Labute approximate surface area is 65.6 Å². The average Bonchev–Trinajstić information content (AvgIpc) is 1.85. The van der Waals surface area contributed by atoms with E-state index in [9.17, 15) is 5.11 Å². The maximum absolute atomic E-state index is 9.27. The molecular formula is C8H13O3+. The number of rotatable bonds is 1. The van der Waals surface area contributed by atoms with E-state index < -0.39 is 0 Å². The number of hydrogen-bond acceptors (Lipinski definition) is 2. The first kappa shape index (κ1) is 7.98. The molecule has 1 aliphatic carbocycles. The first-order valence-corrected chi connectivity index (χ1v) is 3.54. The van der Waals surface area contributed by atoms with Crippen LogP contribution in [-0.4, -0.2) is 17.3 Å². The average molecular weight is 157 g/mol. The lowest BCUT2D eigenvalue weighted by molar-refractivity contribution is 0.202. The quantitative estimate of drug-likeness (QED) is 0.578. The summed E-state index contributed by atoms with van der Waals surface area (Å²) in [6, 6.07) is 0. The summed E-state index contributed by atoms with van der Waals surface area (Å²) in [6.45, 7) is 1.93. The Kier molecular flexibility index (Phi) is 2.08. The summed E-state index contributed by atoms with van der Waals surface area (Å²) >= 11 is 0. The van der Waals surface area contributed by atoms with Gasteiger partial charge in [-0.25, -0.2) is 0 Å². The van der Waals surface area contributed by atoms with Gasteiger partial charge in [-0.1, -0.05) is 6.92 Å². The summed E-state index contributed by atoms with van der Waals surface area (Å²) in [6.07, 6.45) is 2.08. The summed E-state index contributed by atoms with van der Waals surface area (Å²) in [5.74, 6) is 1.26. The van der Waals surface area contributed by atoms with Crippen molar-refractivity contribution >= 4 is 0 Å². The Morgan fingerprint density at radius 1 is 1.73 bits per heavy atom. The van der Waals surface area contributed by atoms with Gasteiger partial charge in [-0.3, -0.25) is 0 Å². The molecule has 1 unspecified atom stereocenters. The minimum atomic E-state index is 0.0938. The van der Waals surface area contributed by atoms with Gasteiger partial charge in [-0.05, 0) is 0 Å². The molecule has 0 bridgehead atoms. The number of methoxy groups -OCH3 is 1. The second kappa shape index (κ2) is 2.86. The van der Waals surface area contributed by atoms with Crippen molar-refractivity contribution in [2.75, 3.05) is 7.11 Å². The van der Waals surface area contributed by atoms with Crippen molar-refractivity contribution in [3.63, 3.8) is 0 Å². The van der Waals surface area contributed by atoms with E-state index in [1.165, 1.54) is 13.2 Å². The highest BCUT2D eigenvalue weighted by Crippen LogP contribution is 2.26. The highest BCUT2D eigenvalue weighted by atomic mass is 16.5. The summed E-state index contributed by atoms with van der Waals surface area (Å²) in [4.78, 5) is 0. The highest BCUT2D eigenvalue weighted by molar-refractivity contribution is 5.24. The first-order chi connectivity index (χ1) is 5.15. The fourth-order valence-corrected chi connectivity index (χ4v) is 1.28. The molecule has 0 spiro atoms. The van der Waals surface area contributed by atoms with E-state index in [0.29, 0.717) is 17.9 Å². The van der Waals surface area contributed by atoms with Gasteiger partial charge < -0.3 is 14.9 Å². The molecule has 0 saturated carbocycles. The topological polar surface area (TPSA) is 52.4 Å². The van der Waals surface area contributed by atoms with Crippen LogP contribution >= 0.6 is 0 Å². The predicted molar refractivity (Wildman–Crippen MR) is 42.1 cm³/mol. The van der Waals surface area contributed by atoms with E-state index in [4.69, 9.17) is 9.84 Å². The minimum Gasteiger partial charge on any atom is -0.596 e. The normalized spacial score (nSPS) is 24.9. The Bertz CT molecular complexity index is 215. The van der Waals surface area contributed by atoms with Crippen LogP contribution in [0.2, 0.25) is 0 Å². The van der Waals surface area contributed by atoms with Crippen LogP contribution < -0.4 is 0 Å². The van der Waals surface area contributed by atoms with Crippen LogP contribution in [-0.2, 0) is 4.74 Å². The van der Waals surface area contributed by atoms with Gasteiger partial charge in [0, 0.05) is 5.92 Å². The van der Waals surface area contributed by atoms with E-state index >= 15 is 0 Å². The monoisotopic (exact) mass is 157 g/mol.